The lowest BCUT2D eigenvalue weighted by atomic mass is 10.0. The van der Waals surface area contributed by atoms with Crippen molar-refractivity contribution >= 4 is 29.6 Å². The number of anilines is 1. The number of hydrogen-bond donors (Lipinski definition) is 1. The molecule has 0 saturated carbocycles. The topological polar surface area (TPSA) is 90.9 Å². The molecule has 0 spiro atoms. The van der Waals surface area contributed by atoms with Gasteiger partial charge in [-0.15, -0.1) is 0 Å². The van der Waals surface area contributed by atoms with E-state index in [0.717, 1.165) is 0 Å². The van der Waals surface area contributed by atoms with E-state index in [1.807, 2.05) is 6.08 Å². The number of esters is 1. The lowest BCUT2D eigenvalue weighted by molar-refractivity contribution is -0.114. The van der Waals surface area contributed by atoms with Gasteiger partial charge in [-0.25, -0.2) is 9.59 Å². The molecule has 168 valence electrons. The number of hydrogen-bond acceptors (Lipinski definition) is 6. The Morgan fingerprint density at radius 3 is 2.58 bits per heavy atom. The maximum atomic E-state index is 13.1. The summed E-state index contributed by atoms with van der Waals surface area (Å²) < 4.78 is 16.3. The third-order valence-electron chi connectivity index (χ3n) is 4.39. The lowest BCUT2D eigenvalue weighted by Gasteiger charge is -2.21. The van der Waals surface area contributed by atoms with Crippen molar-refractivity contribution in [2.45, 2.75) is 65.1 Å². The van der Waals surface area contributed by atoms with Gasteiger partial charge < -0.3 is 14.2 Å². The minimum atomic E-state index is -0.696. The third-order valence-corrected chi connectivity index (χ3v) is 4.39. The van der Waals surface area contributed by atoms with Crippen LogP contribution in [-0.2, 0) is 14.3 Å². The highest BCUT2D eigenvalue weighted by atomic mass is 16.6. The number of rotatable bonds is 2. The molecule has 0 saturated heterocycles. The molecular weight excluding hydrogens is 398 g/mol. The summed E-state index contributed by atoms with van der Waals surface area (Å²) in [5, 5.41) is 2.65. The second-order valence-corrected chi connectivity index (χ2v) is 8.38. The van der Waals surface area contributed by atoms with Crippen LogP contribution in [0.5, 0.6) is 5.75 Å². The van der Waals surface area contributed by atoms with Crippen molar-refractivity contribution in [1.82, 2.24) is 0 Å². The number of ether oxygens (including phenoxy) is 3. The molecule has 1 aliphatic rings. The van der Waals surface area contributed by atoms with Gasteiger partial charge >= 0.3 is 12.1 Å². The number of cyclic esters (lactones) is 1. The Balaban J connectivity index is 2.47. The predicted molar refractivity (Wildman–Crippen MR) is 119 cm³/mol. The Labute approximate surface area is 183 Å². The van der Waals surface area contributed by atoms with E-state index in [4.69, 9.17) is 14.2 Å². The molecule has 0 unspecified atom stereocenters. The summed E-state index contributed by atoms with van der Waals surface area (Å²) in [5.74, 6) is -0.0675. The molecule has 0 bridgehead atoms. The number of ketones is 1. The van der Waals surface area contributed by atoms with Crippen LogP contribution in [0.15, 0.2) is 30.4 Å². The molecule has 2 rings (SSSR count). The van der Waals surface area contributed by atoms with E-state index < -0.39 is 23.8 Å². The number of fused-ring (bicyclic) bond motifs is 1. The second kappa shape index (κ2) is 10.8. The van der Waals surface area contributed by atoms with Crippen LogP contribution in [0.1, 0.15) is 69.3 Å². The molecule has 1 N–H and O–H groups in total. The lowest BCUT2D eigenvalue weighted by Crippen LogP contribution is -2.28. The van der Waals surface area contributed by atoms with Gasteiger partial charge in [0, 0.05) is 18.9 Å². The minimum Gasteiger partial charge on any atom is -0.497 e. The molecule has 1 amide bonds. The van der Waals surface area contributed by atoms with E-state index in [-0.39, 0.29) is 17.0 Å². The predicted octanol–water partition coefficient (Wildman–Crippen LogP) is 5.30. The summed E-state index contributed by atoms with van der Waals surface area (Å²) in [7, 11) is 1.50. The first kappa shape index (κ1) is 24.2. The molecule has 1 aromatic carbocycles. The number of benzene rings is 1. The molecular formula is C24H31NO6. The van der Waals surface area contributed by atoms with Gasteiger partial charge in [0.25, 0.3) is 0 Å². The minimum absolute atomic E-state index is 0.0508. The van der Waals surface area contributed by atoms with E-state index in [1.165, 1.54) is 13.2 Å². The standard InChI is InChI=1S/C24H31NO6/c1-16-10-9-13-18(26)12-8-6-7-11-17-14-19(29-5)15-20(21(17)22(27)30-16)25-23(28)31-24(2,3)4/h7,9,11,13-16H,6,8,10,12H2,1-5H3,(H,25,28)/b11-7?,13-9-/t16-/m0/s1. The van der Waals surface area contributed by atoms with Crippen molar-refractivity contribution in [3.8, 4) is 5.75 Å². The zero-order valence-corrected chi connectivity index (χ0v) is 18.8. The summed E-state index contributed by atoms with van der Waals surface area (Å²) in [4.78, 5) is 37.3. The SMILES string of the molecule is COc1cc2c(c(NC(=O)OC(C)(C)C)c1)C(=O)O[C@@H](C)C/C=C\C(=O)CCCC=C2. The molecule has 31 heavy (non-hydrogen) atoms. The fourth-order valence-electron chi connectivity index (χ4n) is 2.99. The fraction of sp³-hybridized carbons (Fsp3) is 0.458. The monoisotopic (exact) mass is 429 g/mol. The van der Waals surface area contributed by atoms with Gasteiger partial charge in [0.1, 0.15) is 17.5 Å². The molecule has 1 aromatic rings. The number of allylic oxidation sites excluding steroid dienone is 2. The number of nitrogens with one attached hydrogen (secondary N) is 1. The van der Waals surface area contributed by atoms with Crippen LogP contribution < -0.4 is 10.1 Å². The van der Waals surface area contributed by atoms with Gasteiger partial charge in [-0.05, 0) is 58.2 Å². The van der Waals surface area contributed by atoms with Crippen molar-refractivity contribution in [3.05, 3.63) is 41.5 Å². The van der Waals surface area contributed by atoms with Crippen molar-refractivity contribution in [3.63, 3.8) is 0 Å². The first-order valence-corrected chi connectivity index (χ1v) is 10.4. The molecule has 0 radical (unpaired) electrons. The summed E-state index contributed by atoms with van der Waals surface area (Å²) in [6.07, 6.45) is 7.99. The second-order valence-electron chi connectivity index (χ2n) is 8.38. The Bertz CT molecular complexity index is 879. The third kappa shape index (κ3) is 7.92. The largest absolute Gasteiger partial charge is 0.497 e. The summed E-state index contributed by atoms with van der Waals surface area (Å²) in [6, 6.07) is 3.26. The smallest absolute Gasteiger partial charge is 0.412 e. The van der Waals surface area contributed by atoms with Crippen molar-refractivity contribution in [2.24, 2.45) is 0 Å². The van der Waals surface area contributed by atoms with Gasteiger partial charge in [0.15, 0.2) is 5.78 Å². The number of methoxy groups -OCH3 is 1. The van der Waals surface area contributed by atoms with Crippen LogP contribution in [0.4, 0.5) is 10.5 Å². The van der Waals surface area contributed by atoms with Gasteiger partial charge in [0.05, 0.1) is 18.4 Å². The molecule has 1 aliphatic heterocycles. The molecule has 0 aliphatic carbocycles. The highest BCUT2D eigenvalue weighted by Crippen LogP contribution is 2.30. The molecule has 1 atom stereocenters. The van der Waals surface area contributed by atoms with Crippen molar-refractivity contribution in [2.75, 3.05) is 12.4 Å². The molecule has 7 nitrogen and oxygen atoms in total. The van der Waals surface area contributed by atoms with Crippen molar-refractivity contribution < 1.29 is 28.6 Å². The Morgan fingerprint density at radius 1 is 1.16 bits per heavy atom. The van der Waals surface area contributed by atoms with Crippen LogP contribution in [0.25, 0.3) is 6.08 Å². The fourth-order valence-corrected chi connectivity index (χ4v) is 2.99. The van der Waals surface area contributed by atoms with Gasteiger partial charge in [-0.2, -0.15) is 0 Å². The highest BCUT2D eigenvalue weighted by molar-refractivity contribution is 6.03. The van der Waals surface area contributed by atoms with E-state index in [2.05, 4.69) is 5.32 Å². The Kier molecular flexibility index (Phi) is 8.42. The zero-order valence-electron chi connectivity index (χ0n) is 18.8. The first-order valence-electron chi connectivity index (χ1n) is 10.4. The highest BCUT2D eigenvalue weighted by Gasteiger charge is 2.24. The van der Waals surface area contributed by atoms with E-state index in [0.29, 0.717) is 37.0 Å². The number of carbonyl (C=O) groups is 3. The summed E-state index contributed by atoms with van der Waals surface area (Å²) in [6.45, 7) is 7.01. The van der Waals surface area contributed by atoms with E-state index in [1.54, 1.807) is 52.0 Å². The normalized spacial score (nSPS) is 18.9. The average Bonchev–Trinajstić information content (AvgIpc) is 2.65. The molecule has 0 aromatic heterocycles. The molecule has 1 heterocycles. The summed E-state index contributed by atoms with van der Waals surface area (Å²) >= 11 is 0. The van der Waals surface area contributed by atoms with Crippen LogP contribution in [0, 0.1) is 0 Å². The van der Waals surface area contributed by atoms with Gasteiger partial charge in [-0.3, -0.25) is 10.1 Å². The van der Waals surface area contributed by atoms with Crippen LogP contribution in [-0.4, -0.2) is 36.7 Å². The Hall–Kier alpha value is -3.09. The number of carbonyl (C=O) groups excluding carboxylic acids is 3. The van der Waals surface area contributed by atoms with Crippen LogP contribution >= 0.6 is 0 Å². The van der Waals surface area contributed by atoms with Crippen LogP contribution in [0.2, 0.25) is 0 Å². The maximum Gasteiger partial charge on any atom is 0.412 e. The Morgan fingerprint density at radius 2 is 1.90 bits per heavy atom. The average molecular weight is 430 g/mol. The maximum absolute atomic E-state index is 13.1. The molecule has 0 fully saturated rings. The zero-order chi connectivity index (χ0) is 23.0. The van der Waals surface area contributed by atoms with Gasteiger partial charge in [-0.1, -0.05) is 18.2 Å². The molecule has 7 heteroatoms. The summed E-state index contributed by atoms with van der Waals surface area (Å²) in [5.41, 5.74) is 0.301. The van der Waals surface area contributed by atoms with Crippen molar-refractivity contribution in [1.29, 1.82) is 0 Å². The van der Waals surface area contributed by atoms with E-state index >= 15 is 0 Å². The van der Waals surface area contributed by atoms with Gasteiger partial charge in [0.2, 0.25) is 0 Å². The number of amides is 1. The van der Waals surface area contributed by atoms with E-state index in [9.17, 15) is 14.4 Å². The quantitative estimate of drug-likeness (QED) is 0.642. The van der Waals surface area contributed by atoms with Crippen LogP contribution in [0.3, 0.4) is 0 Å². The first-order chi connectivity index (χ1) is 14.6.